The highest BCUT2D eigenvalue weighted by molar-refractivity contribution is 7.92. The largest absolute Gasteiger partial charge is 0.399 e. The molecule has 0 aliphatic carbocycles. The molecule has 13 nitrogen and oxygen atoms in total. The van der Waals surface area contributed by atoms with Crippen LogP contribution >= 0.6 is 0 Å². The fourth-order valence-electron chi connectivity index (χ4n) is 3.11. The van der Waals surface area contributed by atoms with Gasteiger partial charge in [0.05, 0.1) is 20.4 Å². The number of aryl methyl sites for hydroxylation is 1. The zero-order valence-electron chi connectivity index (χ0n) is 16.9. The molecule has 0 spiro atoms. The number of nitrogens with two attached hydrogens (primary N) is 1. The van der Waals surface area contributed by atoms with Crippen molar-refractivity contribution in [1.29, 1.82) is 0 Å². The Morgan fingerprint density at radius 3 is 1.74 bits per heavy atom. The lowest BCUT2D eigenvalue weighted by Gasteiger charge is -2.16. The number of rotatable bonds is 6. The number of hydrogen-bond acceptors (Lipinski definition) is 9. The normalized spacial score (nSPS) is 13.2. The lowest BCUT2D eigenvalue weighted by atomic mass is 10.1. The summed E-state index contributed by atoms with van der Waals surface area (Å²) in [7, 11) is -19.9. The monoisotopic (exact) mass is 552 g/mol. The molecule has 0 radical (unpaired) electrons. The molecule has 34 heavy (non-hydrogen) atoms. The van der Waals surface area contributed by atoms with Crippen LogP contribution in [0.3, 0.4) is 0 Å². The number of hydrogen-bond donors (Lipinski definition) is 5. The topological polar surface area (TPSA) is 235 Å². The molecule has 17 heteroatoms. The molecule has 0 aliphatic heterocycles. The average molecular weight is 553 g/mol. The Morgan fingerprint density at radius 1 is 0.706 bits per heavy atom. The SMILES string of the molecule is Cc1ccc(N)cc1S(=O)(=O)Nc1cc(S(=O)(=O)O)cc2cc(S(=O)(=O)O)cc(S(=O)(=O)O)c12. The van der Waals surface area contributed by atoms with Crippen molar-refractivity contribution >= 4 is 62.5 Å². The van der Waals surface area contributed by atoms with E-state index in [0.717, 1.165) is 6.07 Å². The Hall–Kier alpha value is -2.80. The molecule has 0 amide bonds. The predicted molar refractivity (Wildman–Crippen MR) is 120 cm³/mol. The van der Waals surface area contributed by atoms with E-state index in [1.807, 2.05) is 4.72 Å². The predicted octanol–water partition coefficient (Wildman–Crippen LogP) is 1.27. The minimum atomic E-state index is -5.26. The molecule has 0 fully saturated rings. The van der Waals surface area contributed by atoms with E-state index in [-0.39, 0.29) is 16.1 Å². The molecule has 0 aromatic heterocycles. The summed E-state index contributed by atoms with van der Waals surface area (Å²) in [5.41, 5.74) is 5.15. The van der Waals surface area contributed by atoms with Gasteiger partial charge in [0, 0.05) is 11.1 Å². The van der Waals surface area contributed by atoms with Gasteiger partial charge in [0.25, 0.3) is 40.4 Å². The number of nitrogens with one attached hydrogen (secondary N) is 1. The Balaban J connectivity index is 2.49. The first-order chi connectivity index (χ1) is 15.3. The summed E-state index contributed by atoms with van der Waals surface area (Å²) in [4.78, 5) is -3.53. The van der Waals surface area contributed by atoms with Crippen LogP contribution in [0.4, 0.5) is 11.4 Å². The maximum atomic E-state index is 13.0. The van der Waals surface area contributed by atoms with Crippen molar-refractivity contribution in [2.75, 3.05) is 10.5 Å². The number of benzene rings is 3. The van der Waals surface area contributed by atoms with Gasteiger partial charge in [-0.15, -0.1) is 0 Å². The van der Waals surface area contributed by atoms with Gasteiger partial charge < -0.3 is 5.73 Å². The summed E-state index contributed by atoms with van der Waals surface area (Å²) in [6, 6.07) is 6.03. The van der Waals surface area contributed by atoms with Gasteiger partial charge >= 0.3 is 0 Å². The standard InChI is InChI=1S/C17H16N2O11S4/c1-9-2-3-11(18)6-15(9)31(20,21)19-14-7-12(32(22,23)24)4-10-5-13(33(25,26)27)8-16(17(10)14)34(28,29)30/h2-8,19H,18H2,1H3,(H,22,23,24)(H,25,26,27)(H,28,29,30). The highest BCUT2D eigenvalue weighted by atomic mass is 32.2. The molecule has 0 unspecified atom stereocenters. The van der Waals surface area contributed by atoms with Gasteiger partial charge in [-0.3, -0.25) is 18.4 Å². The van der Waals surface area contributed by atoms with Crippen LogP contribution in [0.25, 0.3) is 10.8 Å². The molecule has 0 heterocycles. The Kier molecular flexibility index (Phi) is 6.19. The van der Waals surface area contributed by atoms with Gasteiger partial charge in [0.15, 0.2) is 0 Å². The zero-order chi connectivity index (χ0) is 25.9. The van der Waals surface area contributed by atoms with Crippen LogP contribution in [-0.2, 0) is 40.4 Å². The van der Waals surface area contributed by atoms with Crippen molar-refractivity contribution in [3.05, 3.63) is 48.0 Å². The minimum Gasteiger partial charge on any atom is -0.399 e. The van der Waals surface area contributed by atoms with Crippen molar-refractivity contribution in [1.82, 2.24) is 0 Å². The van der Waals surface area contributed by atoms with Gasteiger partial charge in [0.2, 0.25) is 0 Å². The molecule has 6 N–H and O–H groups in total. The van der Waals surface area contributed by atoms with E-state index in [1.54, 1.807) is 0 Å². The Labute approximate surface area is 194 Å². The highest BCUT2D eigenvalue weighted by Crippen LogP contribution is 2.36. The lowest BCUT2D eigenvalue weighted by Crippen LogP contribution is -2.16. The van der Waals surface area contributed by atoms with Gasteiger partial charge in [-0.25, -0.2) is 8.42 Å². The molecule has 0 bridgehead atoms. The first-order valence-corrected chi connectivity index (χ1v) is 14.5. The van der Waals surface area contributed by atoms with Crippen molar-refractivity contribution < 1.29 is 47.3 Å². The summed E-state index contributed by atoms with van der Waals surface area (Å²) in [5, 5.41) is -1.22. The summed E-state index contributed by atoms with van der Waals surface area (Å²) in [6.07, 6.45) is 0. The second-order valence-electron chi connectivity index (χ2n) is 7.05. The highest BCUT2D eigenvalue weighted by Gasteiger charge is 2.27. The molecule has 0 saturated heterocycles. The van der Waals surface area contributed by atoms with E-state index in [9.17, 15) is 47.3 Å². The van der Waals surface area contributed by atoms with Gasteiger partial charge in [0.1, 0.15) is 4.90 Å². The molecule has 0 aliphatic rings. The average Bonchev–Trinajstić information content (AvgIpc) is 2.66. The van der Waals surface area contributed by atoms with Crippen LogP contribution in [0.5, 0.6) is 0 Å². The van der Waals surface area contributed by atoms with Crippen molar-refractivity contribution in [3.8, 4) is 0 Å². The molecule has 184 valence electrons. The van der Waals surface area contributed by atoms with E-state index in [0.29, 0.717) is 24.3 Å². The number of anilines is 2. The van der Waals surface area contributed by atoms with Gasteiger partial charge in [-0.05, 0) is 54.3 Å². The third-order valence-electron chi connectivity index (χ3n) is 4.58. The maximum Gasteiger partial charge on any atom is 0.295 e. The number of fused-ring (bicyclic) bond motifs is 1. The molecule has 0 saturated carbocycles. The van der Waals surface area contributed by atoms with E-state index in [2.05, 4.69) is 0 Å². The van der Waals surface area contributed by atoms with Gasteiger partial charge in [-0.2, -0.15) is 25.3 Å². The van der Waals surface area contributed by atoms with Crippen LogP contribution in [0, 0.1) is 6.92 Å². The van der Waals surface area contributed by atoms with Crippen LogP contribution in [0.1, 0.15) is 5.56 Å². The zero-order valence-corrected chi connectivity index (χ0v) is 20.1. The smallest absolute Gasteiger partial charge is 0.295 e. The summed E-state index contributed by atoms with van der Waals surface area (Å²) in [5.74, 6) is 0. The van der Waals surface area contributed by atoms with Gasteiger partial charge in [-0.1, -0.05) is 6.07 Å². The third-order valence-corrected chi connectivity index (χ3v) is 8.63. The van der Waals surface area contributed by atoms with Crippen LogP contribution < -0.4 is 10.5 Å². The fraction of sp³-hybridized carbons (Fsp3) is 0.0588. The van der Waals surface area contributed by atoms with Crippen molar-refractivity contribution in [2.45, 2.75) is 26.5 Å². The van der Waals surface area contributed by atoms with E-state index in [1.165, 1.54) is 19.1 Å². The van der Waals surface area contributed by atoms with E-state index < -0.39 is 71.5 Å². The third kappa shape index (κ3) is 5.14. The Morgan fingerprint density at radius 2 is 1.24 bits per heavy atom. The van der Waals surface area contributed by atoms with Crippen molar-refractivity contribution in [2.24, 2.45) is 0 Å². The number of nitrogen functional groups attached to an aromatic ring is 1. The van der Waals surface area contributed by atoms with Crippen molar-refractivity contribution in [3.63, 3.8) is 0 Å². The van der Waals surface area contributed by atoms with Crippen LogP contribution in [0.2, 0.25) is 0 Å². The molecule has 0 atom stereocenters. The fourth-order valence-corrected chi connectivity index (χ4v) is 6.38. The van der Waals surface area contributed by atoms with Crippen LogP contribution in [0.15, 0.2) is 62.0 Å². The lowest BCUT2D eigenvalue weighted by molar-refractivity contribution is 0.480. The summed E-state index contributed by atoms with van der Waals surface area (Å²) >= 11 is 0. The van der Waals surface area contributed by atoms with E-state index >= 15 is 0 Å². The maximum absolute atomic E-state index is 13.0. The first-order valence-electron chi connectivity index (χ1n) is 8.74. The molecule has 3 rings (SSSR count). The molecular formula is C17H16N2O11S4. The first kappa shape index (κ1) is 25.8. The molecule has 3 aromatic carbocycles. The molecule has 3 aromatic rings. The van der Waals surface area contributed by atoms with Crippen LogP contribution in [-0.4, -0.2) is 47.3 Å². The second-order valence-corrected chi connectivity index (χ2v) is 12.9. The summed E-state index contributed by atoms with van der Waals surface area (Å²) < 4.78 is 127. The second kappa shape index (κ2) is 8.15. The minimum absolute atomic E-state index is 0.0546. The summed E-state index contributed by atoms with van der Waals surface area (Å²) in [6.45, 7) is 1.42. The Bertz CT molecular complexity index is 1770. The van der Waals surface area contributed by atoms with E-state index in [4.69, 9.17) is 5.73 Å². The molecular weight excluding hydrogens is 536 g/mol. The number of sulfonamides is 1. The quantitative estimate of drug-likeness (QED) is 0.215.